The molecule has 0 amide bonds. The van der Waals surface area contributed by atoms with E-state index in [1.807, 2.05) is 0 Å². The summed E-state index contributed by atoms with van der Waals surface area (Å²) in [5, 5.41) is 21.6. The van der Waals surface area contributed by atoms with Gasteiger partial charge < -0.3 is 15.1 Å². The summed E-state index contributed by atoms with van der Waals surface area (Å²) >= 11 is 0. The third-order valence-corrected chi connectivity index (χ3v) is 1.79. The minimum absolute atomic E-state index is 0.0666. The first-order valence-corrected chi connectivity index (χ1v) is 4.48. The molecule has 1 atom stereocenters. The highest BCUT2D eigenvalue weighted by Crippen LogP contribution is 2.20. The maximum atomic E-state index is 9.48. The number of nitrogens with two attached hydrogens (primary N) is 1. The fourth-order valence-corrected chi connectivity index (χ4v) is 0.979. The molecule has 7 nitrogen and oxygen atoms in total. The van der Waals surface area contributed by atoms with Crippen LogP contribution in [0, 0.1) is 0 Å². The zero-order chi connectivity index (χ0) is 12.0. The van der Waals surface area contributed by atoms with E-state index in [-0.39, 0.29) is 5.75 Å². The van der Waals surface area contributed by atoms with E-state index in [2.05, 4.69) is 10.5 Å². The maximum absolute atomic E-state index is 9.48. The molecule has 16 heavy (non-hydrogen) atoms. The summed E-state index contributed by atoms with van der Waals surface area (Å²) in [5.41, 5.74) is 9.86. The fourth-order valence-electron chi connectivity index (χ4n) is 0.979. The van der Waals surface area contributed by atoms with Crippen molar-refractivity contribution in [2.24, 2.45) is 10.8 Å². The van der Waals surface area contributed by atoms with Crippen LogP contribution in [0.5, 0.6) is 11.5 Å². The van der Waals surface area contributed by atoms with E-state index < -0.39 is 6.29 Å². The summed E-state index contributed by atoms with van der Waals surface area (Å²) in [6, 6.07) is 4.73. The summed E-state index contributed by atoms with van der Waals surface area (Å²) in [4.78, 5) is 0. The summed E-state index contributed by atoms with van der Waals surface area (Å²) in [5.74, 6) is 0.667. The SMILES string of the molecule is COc1ccc(O)c(/C=N/NC(N)NO)c1. The molecule has 1 rings (SSSR count). The van der Waals surface area contributed by atoms with Crippen LogP contribution in [0.3, 0.4) is 0 Å². The van der Waals surface area contributed by atoms with Crippen molar-refractivity contribution in [3.63, 3.8) is 0 Å². The number of phenolic OH excluding ortho intramolecular Hbond substituents is 1. The van der Waals surface area contributed by atoms with Crippen LogP contribution >= 0.6 is 0 Å². The minimum atomic E-state index is -0.871. The third kappa shape index (κ3) is 3.39. The lowest BCUT2D eigenvalue weighted by molar-refractivity contribution is 0.113. The number of aromatic hydroxyl groups is 1. The van der Waals surface area contributed by atoms with Crippen molar-refractivity contribution in [1.29, 1.82) is 0 Å². The topological polar surface area (TPSA) is 112 Å². The number of rotatable bonds is 5. The Morgan fingerprint density at radius 1 is 1.56 bits per heavy atom. The van der Waals surface area contributed by atoms with Crippen LogP contribution in [0.2, 0.25) is 0 Å². The first kappa shape index (κ1) is 12.2. The second kappa shape index (κ2) is 5.91. The normalized spacial score (nSPS) is 12.7. The Labute approximate surface area is 92.5 Å². The number of ether oxygens (including phenoxy) is 1. The Morgan fingerprint density at radius 3 is 2.94 bits per heavy atom. The lowest BCUT2D eigenvalue weighted by Crippen LogP contribution is -2.45. The van der Waals surface area contributed by atoms with Gasteiger partial charge in [-0.15, -0.1) is 0 Å². The van der Waals surface area contributed by atoms with E-state index in [9.17, 15) is 5.11 Å². The Bertz CT molecular complexity index is 370. The predicted octanol–water partition coefficient (Wildman–Crippen LogP) is -0.455. The molecule has 88 valence electrons. The van der Waals surface area contributed by atoms with Crippen molar-refractivity contribution < 1.29 is 15.1 Å². The molecule has 1 aromatic rings. The summed E-state index contributed by atoms with van der Waals surface area (Å²) in [6.45, 7) is 0. The van der Waals surface area contributed by atoms with Gasteiger partial charge in [-0.1, -0.05) is 0 Å². The molecule has 0 fully saturated rings. The van der Waals surface area contributed by atoms with Crippen LogP contribution in [0.1, 0.15) is 5.56 Å². The van der Waals surface area contributed by atoms with Gasteiger partial charge in [0.2, 0.25) is 0 Å². The van der Waals surface area contributed by atoms with Crippen LogP contribution < -0.4 is 21.4 Å². The molecule has 0 aliphatic rings. The van der Waals surface area contributed by atoms with Gasteiger partial charge in [0.1, 0.15) is 11.5 Å². The Morgan fingerprint density at radius 2 is 2.31 bits per heavy atom. The number of hydrogen-bond donors (Lipinski definition) is 5. The molecule has 7 heteroatoms. The van der Waals surface area contributed by atoms with Crippen molar-refractivity contribution in [1.82, 2.24) is 10.9 Å². The number of nitrogens with one attached hydrogen (secondary N) is 2. The molecule has 0 spiro atoms. The van der Waals surface area contributed by atoms with E-state index in [0.717, 1.165) is 0 Å². The molecule has 0 radical (unpaired) electrons. The Kier molecular flexibility index (Phi) is 4.52. The molecule has 0 saturated carbocycles. The second-order valence-corrected chi connectivity index (χ2v) is 2.92. The molecule has 0 aliphatic carbocycles. The number of hydrogen-bond acceptors (Lipinski definition) is 7. The zero-order valence-electron chi connectivity index (χ0n) is 8.71. The molecular weight excluding hydrogens is 212 g/mol. The Balaban J connectivity index is 2.72. The van der Waals surface area contributed by atoms with Crippen molar-refractivity contribution in [3.05, 3.63) is 23.8 Å². The van der Waals surface area contributed by atoms with Gasteiger partial charge in [-0.2, -0.15) is 10.6 Å². The number of phenols is 1. The standard InChI is InChI=1S/C9H14N4O3/c1-16-7-2-3-8(14)6(4-7)5-11-12-9(10)13-15/h2-5,9,12-15H,10H2,1H3/b11-5+. The highest BCUT2D eigenvalue weighted by atomic mass is 16.5. The van der Waals surface area contributed by atoms with Crippen LogP contribution in [-0.2, 0) is 0 Å². The van der Waals surface area contributed by atoms with E-state index in [0.29, 0.717) is 11.3 Å². The number of methoxy groups -OCH3 is 1. The number of hydroxylamine groups is 1. The molecule has 0 aliphatic heterocycles. The molecule has 0 saturated heterocycles. The predicted molar refractivity (Wildman–Crippen MR) is 58.3 cm³/mol. The van der Waals surface area contributed by atoms with Crippen LogP contribution in [-0.4, -0.2) is 29.9 Å². The monoisotopic (exact) mass is 226 g/mol. The molecular formula is C9H14N4O3. The van der Waals surface area contributed by atoms with Crippen molar-refractivity contribution in [2.45, 2.75) is 6.29 Å². The molecule has 0 heterocycles. The van der Waals surface area contributed by atoms with Crippen molar-refractivity contribution in [3.8, 4) is 11.5 Å². The first-order chi connectivity index (χ1) is 7.67. The molecule has 6 N–H and O–H groups in total. The van der Waals surface area contributed by atoms with Crippen molar-refractivity contribution >= 4 is 6.21 Å². The fraction of sp³-hybridized carbons (Fsp3) is 0.222. The minimum Gasteiger partial charge on any atom is -0.507 e. The smallest absolute Gasteiger partial charge is 0.166 e. The zero-order valence-corrected chi connectivity index (χ0v) is 8.71. The van der Waals surface area contributed by atoms with E-state index in [1.165, 1.54) is 19.4 Å². The van der Waals surface area contributed by atoms with Gasteiger partial charge in [0.15, 0.2) is 6.29 Å². The Hall–Kier alpha value is -1.83. The molecule has 0 aromatic heterocycles. The lowest BCUT2D eigenvalue weighted by atomic mass is 10.2. The van der Waals surface area contributed by atoms with E-state index in [1.54, 1.807) is 17.6 Å². The first-order valence-electron chi connectivity index (χ1n) is 4.48. The third-order valence-electron chi connectivity index (χ3n) is 1.79. The van der Waals surface area contributed by atoms with Gasteiger partial charge in [-0.25, -0.2) is 0 Å². The van der Waals surface area contributed by atoms with E-state index in [4.69, 9.17) is 15.7 Å². The number of hydrazone groups is 1. The second-order valence-electron chi connectivity index (χ2n) is 2.92. The quantitative estimate of drug-likeness (QED) is 0.264. The maximum Gasteiger partial charge on any atom is 0.166 e. The van der Waals surface area contributed by atoms with Gasteiger partial charge in [0, 0.05) is 5.56 Å². The summed E-state index contributed by atoms with van der Waals surface area (Å²) < 4.78 is 4.99. The molecule has 1 aromatic carbocycles. The van der Waals surface area contributed by atoms with Crippen LogP contribution in [0.25, 0.3) is 0 Å². The highest BCUT2D eigenvalue weighted by molar-refractivity contribution is 5.83. The molecule has 0 bridgehead atoms. The largest absolute Gasteiger partial charge is 0.507 e. The van der Waals surface area contributed by atoms with Gasteiger partial charge in [0.25, 0.3) is 0 Å². The average Bonchev–Trinajstić information content (AvgIpc) is 2.31. The number of benzene rings is 1. The average molecular weight is 226 g/mol. The molecule has 1 unspecified atom stereocenters. The van der Waals surface area contributed by atoms with E-state index >= 15 is 0 Å². The van der Waals surface area contributed by atoms with Gasteiger partial charge >= 0.3 is 0 Å². The summed E-state index contributed by atoms with van der Waals surface area (Å²) in [6.07, 6.45) is 0.485. The highest BCUT2D eigenvalue weighted by Gasteiger charge is 2.00. The van der Waals surface area contributed by atoms with Crippen molar-refractivity contribution in [2.75, 3.05) is 7.11 Å². The van der Waals surface area contributed by atoms with Gasteiger partial charge in [0.05, 0.1) is 13.3 Å². The lowest BCUT2D eigenvalue weighted by Gasteiger charge is -2.07. The summed E-state index contributed by atoms with van der Waals surface area (Å²) in [7, 11) is 1.52. The van der Waals surface area contributed by atoms with Gasteiger partial charge in [-0.05, 0) is 18.2 Å². The van der Waals surface area contributed by atoms with Crippen LogP contribution in [0.15, 0.2) is 23.3 Å². The van der Waals surface area contributed by atoms with Gasteiger partial charge in [-0.3, -0.25) is 11.2 Å². The van der Waals surface area contributed by atoms with Crippen LogP contribution in [0.4, 0.5) is 0 Å². The number of nitrogens with zero attached hydrogens (tertiary/aromatic N) is 1.